The highest BCUT2D eigenvalue weighted by atomic mass is 15.0. The van der Waals surface area contributed by atoms with Gasteiger partial charge in [0, 0.05) is 31.3 Å². The first-order chi connectivity index (χ1) is 7.36. The van der Waals surface area contributed by atoms with Crippen molar-refractivity contribution in [3.63, 3.8) is 0 Å². The number of aryl methyl sites for hydroxylation is 1. The Bertz CT molecular complexity index is 428. The zero-order chi connectivity index (χ0) is 10.5. The summed E-state index contributed by atoms with van der Waals surface area (Å²) in [4.78, 5) is 12.2. The highest BCUT2D eigenvalue weighted by molar-refractivity contribution is 5.33. The lowest BCUT2D eigenvalue weighted by molar-refractivity contribution is 1.05. The summed E-state index contributed by atoms with van der Waals surface area (Å²) in [6.45, 7) is 2.79. The zero-order valence-corrected chi connectivity index (χ0v) is 8.51. The molecule has 0 unspecified atom stereocenters. The van der Waals surface area contributed by atoms with Crippen LogP contribution in [0, 0.1) is 6.92 Å². The maximum absolute atomic E-state index is 4.13. The molecule has 4 nitrogen and oxygen atoms in total. The van der Waals surface area contributed by atoms with Crippen LogP contribution in [0.3, 0.4) is 0 Å². The van der Waals surface area contributed by atoms with Gasteiger partial charge < -0.3 is 5.32 Å². The Hall–Kier alpha value is -1.97. The molecule has 2 aromatic heterocycles. The van der Waals surface area contributed by atoms with Crippen LogP contribution in [-0.4, -0.2) is 15.0 Å². The van der Waals surface area contributed by atoms with Crippen molar-refractivity contribution in [2.24, 2.45) is 0 Å². The number of nitrogens with zero attached hydrogens (tertiary/aromatic N) is 3. The number of rotatable bonds is 3. The van der Waals surface area contributed by atoms with Crippen molar-refractivity contribution in [1.82, 2.24) is 15.0 Å². The Balaban J connectivity index is 2.03. The molecule has 0 saturated heterocycles. The van der Waals surface area contributed by atoms with Gasteiger partial charge in [-0.25, -0.2) is 4.98 Å². The van der Waals surface area contributed by atoms with Crippen LogP contribution in [0.15, 0.2) is 37.1 Å². The average molecular weight is 200 g/mol. The van der Waals surface area contributed by atoms with Crippen molar-refractivity contribution in [2.45, 2.75) is 13.5 Å². The average Bonchev–Trinajstić information content (AvgIpc) is 2.29. The normalized spacial score (nSPS) is 9.93. The monoisotopic (exact) mass is 200 g/mol. The molecule has 76 valence electrons. The molecule has 0 fully saturated rings. The van der Waals surface area contributed by atoms with Crippen molar-refractivity contribution in [3.8, 4) is 0 Å². The van der Waals surface area contributed by atoms with Crippen LogP contribution < -0.4 is 5.32 Å². The second-order valence-corrected chi connectivity index (χ2v) is 3.25. The topological polar surface area (TPSA) is 50.7 Å². The molecule has 15 heavy (non-hydrogen) atoms. The molecule has 0 radical (unpaired) electrons. The number of anilines is 1. The first kappa shape index (κ1) is 9.58. The summed E-state index contributed by atoms with van der Waals surface area (Å²) in [5, 5.41) is 3.19. The van der Waals surface area contributed by atoms with Gasteiger partial charge in [0.2, 0.25) is 0 Å². The van der Waals surface area contributed by atoms with E-state index in [4.69, 9.17) is 0 Å². The molecule has 0 aliphatic carbocycles. The number of hydrogen-bond acceptors (Lipinski definition) is 4. The van der Waals surface area contributed by atoms with Gasteiger partial charge in [0.25, 0.3) is 0 Å². The fraction of sp³-hybridized carbons (Fsp3) is 0.182. The number of hydrogen-bond donors (Lipinski definition) is 1. The quantitative estimate of drug-likeness (QED) is 0.820. The minimum absolute atomic E-state index is 0.721. The van der Waals surface area contributed by atoms with Gasteiger partial charge in [0.1, 0.15) is 5.82 Å². The van der Waals surface area contributed by atoms with Crippen LogP contribution in [0.2, 0.25) is 0 Å². The maximum Gasteiger partial charge on any atom is 0.144 e. The van der Waals surface area contributed by atoms with E-state index in [0.29, 0.717) is 0 Å². The third-order valence-corrected chi connectivity index (χ3v) is 2.17. The molecule has 0 aliphatic rings. The lowest BCUT2D eigenvalue weighted by Gasteiger charge is -2.06. The minimum atomic E-state index is 0.721. The van der Waals surface area contributed by atoms with E-state index in [0.717, 1.165) is 12.4 Å². The van der Waals surface area contributed by atoms with Gasteiger partial charge in [-0.1, -0.05) is 0 Å². The smallest absolute Gasteiger partial charge is 0.144 e. The van der Waals surface area contributed by atoms with E-state index in [9.17, 15) is 0 Å². The Morgan fingerprint density at radius 1 is 1.13 bits per heavy atom. The third kappa shape index (κ3) is 2.49. The molecule has 0 spiro atoms. The van der Waals surface area contributed by atoms with E-state index in [-0.39, 0.29) is 0 Å². The first-order valence-electron chi connectivity index (χ1n) is 4.75. The van der Waals surface area contributed by atoms with E-state index < -0.39 is 0 Å². The maximum atomic E-state index is 4.13. The van der Waals surface area contributed by atoms with Crippen molar-refractivity contribution < 1.29 is 0 Å². The van der Waals surface area contributed by atoms with E-state index in [1.807, 2.05) is 12.3 Å². The van der Waals surface area contributed by atoms with Gasteiger partial charge in [-0.05, 0) is 24.1 Å². The van der Waals surface area contributed by atoms with Gasteiger partial charge in [-0.2, -0.15) is 0 Å². The van der Waals surface area contributed by atoms with Crippen LogP contribution >= 0.6 is 0 Å². The Labute approximate surface area is 88.4 Å². The van der Waals surface area contributed by atoms with Gasteiger partial charge >= 0.3 is 0 Å². The van der Waals surface area contributed by atoms with E-state index in [1.54, 1.807) is 24.8 Å². The fourth-order valence-corrected chi connectivity index (χ4v) is 1.26. The summed E-state index contributed by atoms with van der Waals surface area (Å²) < 4.78 is 0. The number of nitrogens with one attached hydrogen (secondary N) is 1. The number of aromatic nitrogens is 3. The Morgan fingerprint density at radius 2 is 2.00 bits per heavy atom. The molecular weight excluding hydrogens is 188 g/mol. The summed E-state index contributed by atoms with van der Waals surface area (Å²) in [5.41, 5.74) is 2.39. The van der Waals surface area contributed by atoms with Crippen LogP contribution in [0.5, 0.6) is 0 Å². The van der Waals surface area contributed by atoms with Gasteiger partial charge in [-0.3, -0.25) is 9.97 Å². The molecule has 0 aliphatic heterocycles. The summed E-state index contributed by atoms with van der Waals surface area (Å²) in [5.74, 6) is 0.778. The molecule has 0 saturated carbocycles. The molecule has 0 aromatic carbocycles. The highest BCUT2D eigenvalue weighted by Crippen LogP contribution is 2.07. The van der Waals surface area contributed by atoms with Crippen molar-refractivity contribution in [1.29, 1.82) is 0 Å². The molecule has 2 rings (SSSR count). The second kappa shape index (κ2) is 4.50. The van der Waals surface area contributed by atoms with Gasteiger partial charge in [-0.15, -0.1) is 0 Å². The second-order valence-electron chi connectivity index (χ2n) is 3.25. The zero-order valence-electron chi connectivity index (χ0n) is 8.51. The largest absolute Gasteiger partial charge is 0.365 e. The van der Waals surface area contributed by atoms with Crippen LogP contribution in [0.1, 0.15) is 11.1 Å². The lowest BCUT2D eigenvalue weighted by Crippen LogP contribution is -2.03. The van der Waals surface area contributed by atoms with Gasteiger partial charge in [0.15, 0.2) is 0 Å². The summed E-state index contributed by atoms with van der Waals surface area (Å²) >= 11 is 0. The number of pyridine rings is 1. The Kier molecular flexibility index (Phi) is 2.88. The minimum Gasteiger partial charge on any atom is -0.365 e. The summed E-state index contributed by atoms with van der Waals surface area (Å²) in [7, 11) is 0. The van der Waals surface area contributed by atoms with Crippen molar-refractivity contribution in [3.05, 3.63) is 48.2 Å². The Morgan fingerprint density at radius 3 is 2.73 bits per heavy atom. The predicted octanol–water partition coefficient (Wildman–Crippen LogP) is 1.79. The third-order valence-electron chi connectivity index (χ3n) is 2.17. The van der Waals surface area contributed by atoms with E-state index in [1.165, 1.54) is 11.1 Å². The standard InChI is InChI=1S/C11H12N4/c1-9-2-3-12-6-10(9)7-15-11-8-13-4-5-14-11/h2-6,8H,7H2,1H3,(H,14,15). The first-order valence-corrected chi connectivity index (χ1v) is 4.75. The molecule has 2 aromatic rings. The molecule has 2 heterocycles. The molecular formula is C11H12N4. The lowest BCUT2D eigenvalue weighted by atomic mass is 10.2. The molecule has 0 amide bonds. The summed E-state index contributed by atoms with van der Waals surface area (Å²) in [6.07, 6.45) is 8.67. The van der Waals surface area contributed by atoms with E-state index in [2.05, 4.69) is 27.2 Å². The van der Waals surface area contributed by atoms with Crippen LogP contribution in [-0.2, 0) is 6.54 Å². The fourth-order valence-electron chi connectivity index (χ4n) is 1.26. The van der Waals surface area contributed by atoms with Crippen molar-refractivity contribution in [2.75, 3.05) is 5.32 Å². The predicted molar refractivity (Wildman–Crippen MR) is 58.3 cm³/mol. The SMILES string of the molecule is Cc1ccncc1CNc1cnccn1. The van der Waals surface area contributed by atoms with E-state index >= 15 is 0 Å². The molecule has 1 N–H and O–H groups in total. The van der Waals surface area contributed by atoms with Crippen LogP contribution in [0.4, 0.5) is 5.82 Å². The summed E-state index contributed by atoms with van der Waals surface area (Å²) in [6, 6.07) is 1.99. The molecule has 0 atom stereocenters. The molecule has 0 bridgehead atoms. The van der Waals surface area contributed by atoms with Crippen molar-refractivity contribution >= 4 is 5.82 Å². The van der Waals surface area contributed by atoms with Gasteiger partial charge in [0.05, 0.1) is 6.20 Å². The van der Waals surface area contributed by atoms with Crippen LogP contribution in [0.25, 0.3) is 0 Å². The highest BCUT2D eigenvalue weighted by Gasteiger charge is 1.97. The molecule has 4 heteroatoms.